The molecule has 3 heteroatoms. The maximum atomic E-state index is 12.1. The van der Waals surface area contributed by atoms with E-state index in [0.29, 0.717) is 18.2 Å². The van der Waals surface area contributed by atoms with Crippen LogP contribution in [0.3, 0.4) is 0 Å². The summed E-state index contributed by atoms with van der Waals surface area (Å²) in [5.41, 5.74) is 4.44. The van der Waals surface area contributed by atoms with Crippen LogP contribution in [-0.4, -0.2) is 28.3 Å². The molecule has 2 aliphatic rings. The van der Waals surface area contributed by atoms with Gasteiger partial charge in [-0.15, -0.1) is 0 Å². The number of hydrogen-bond acceptors (Lipinski definition) is 2. The Morgan fingerprint density at radius 2 is 1.82 bits per heavy atom. The Kier molecular flexibility index (Phi) is 7.88. The molecule has 0 bridgehead atoms. The van der Waals surface area contributed by atoms with Crippen molar-refractivity contribution in [3.05, 3.63) is 35.5 Å². The molecular weight excluding hydrogens is 344 g/mol. The lowest BCUT2D eigenvalue weighted by molar-refractivity contribution is -0.122. The van der Waals surface area contributed by atoms with Crippen molar-refractivity contribution in [3.63, 3.8) is 0 Å². The van der Waals surface area contributed by atoms with Gasteiger partial charge in [-0.3, -0.25) is 4.90 Å². The number of aryl methyl sites for hydroxylation is 1. The van der Waals surface area contributed by atoms with E-state index in [4.69, 9.17) is 0 Å². The van der Waals surface area contributed by atoms with E-state index in [9.17, 15) is 4.79 Å². The predicted molar refractivity (Wildman–Crippen MR) is 121 cm³/mol. The van der Waals surface area contributed by atoms with Gasteiger partial charge in [0.15, 0.2) is 0 Å². The minimum absolute atomic E-state index is 0.0986. The second kappa shape index (κ2) is 9.73. The van der Waals surface area contributed by atoms with E-state index >= 15 is 0 Å². The highest BCUT2D eigenvalue weighted by Crippen LogP contribution is 2.54. The zero-order valence-corrected chi connectivity index (χ0v) is 19.1. The Bertz CT molecular complexity index is 791. The van der Waals surface area contributed by atoms with Crippen molar-refractivity contribution in [3.8, 4) is 0 Å². The molecule has 3 nitrogen and oxygen atoms in total. The lowest BCUT2D eigenvalue weighted by Gasteiger charge is -2.52. The molecule has 3 heterocycles. The SMILES string of the molecule is CC.CC.CC[C@@]1(CC(C)=O)CCCN2CCc3c(n(C)c4ccccc34)[C@@H]21. The zero-order valence-electron chi connectivity index (χ0n) is 19.1. The molecule has 28 heavy (non-hydrogen) atoms. The molecule has 156 valence electrons. The van der Waals surface area contributed by atoms with Crippen LogP contribution in [0, 0.1) is 5.41 Å². The summed E-state index contributed by atoms with van der Waals surface area (Å²) in [6.07, 6.45) is 5.31. The number of para-hydroxylation sites is 1. The Labute approximate surface area is 172 Å². The first-order chi connectivity index (χ1) is 13.6. The first-order valence-electron chi connectivity index (χ1n) is 11.4. The molecule has 1 aromatic carbocycles. The highest BCUT2D eigenvalue weighted by atomic mass is 16.1. The molecule has 0 spiro atoms. The van der Waals surface area contributed by atoms with Crippen LogP contribution in [0.1, 0.15) is 84.5 Å². The van der Waals surface area contributed by atoms with Gasteiger partial charge in [0.1, 0.15) is 5.78 Å². The largest absolute Gasteiger partial charge is 0.346 e. The Balaban J connectivity index is 0.000000660. The van der Waals surface area contributed by atoms with Gasteiger partial charge in [0.25, 0.3) is 0 Å². The number of Topliss-reactive ketones (excluding diaryl/α,β-unsaturated/α-hetero) is 1. The number of piperidine rings is 1. The smallest absolute Gasteiger partial charge is 0.130 e. The molecule has 2 aliphatic heterocycles. The lowest BCUT2D eigenvalue weighted by atomic mass is 9.65. The maximum absolute atomic E-state index is 12.1. The van der Waals surface area contributed by atoms with Gasteiger partial charge in [-0.25, -0.2) is 0 Å². The van der Waals surface area contributed by atoms with Crippen LogP contribution >= 0.6 is 0 Å². The molecule has 4 rings (SSSR count). The summed E-state index contributed by atoms with van der Waals surface area (Å²) in [7, 11) is 2.22. The number of carbonyl (C=O) groups is 1. The van der Waals surface area contributed by atoms with E-state index in [2.05, 4.69) is 47.7 Å². The maximum Gasteiger partial charge on any atom is 0.130 e. The molecule has 2 atom stereocenters. The summed E-state index contributed by atoms with van der Waals surface area (Å²) in [4.78, 5) is 14.8. The summed E-state index contributed by atoms with van der Waals surface area (Å²) in [5, 5.41) is 1.41. The summed E-state index contributed by atoms with van der Waals surface area (Å²) >= 11 is 0. The van der Waals surface area contributed by atoms with Crippen molar-refractivity contribution in [2.45, 2.75) is 79.7 Å². The van der Waals surface area contributed by atoms with E-state index in [-0.39, 0.29) is 5.41 Å². The average molecular weight is 385 g/mol. The predicted octanol–water partition coefficient (Wildman–Crippen LogP) is 6.30. The molecule has 2 aromatic rings. The molecule has 0 unspecified atom stereocenters. The van der Waals surface area contributed by atoms with E-state index in [0.717, 1.165) is 19.4 Å². The van der Waals surface area contributed by atoms with Gasteiger partial charge in [-0.05, 0) is 56.2 Å². The Hall–Kier alpha value is -1.61. The van der Waals surface area contributed by atoms with Gasteiger partial charge in [-0.1, -0.05) is 52.8 Å². The first kappa shape index (κ1) is 22.7. The number of fused-ring (bicyclic) bond motifs is 5. The quantitative estimate of drug-likeness (QED) is 0.620. The minimum Gasteiger partial charge on any atom is -0.346 e. The summed E-state index contributed by atoms with van der Waals surface area (Å²) in [6.45, 7) is 14.3. The van der Waals surface area contributed by atoms with Crippen LogP contribution in [0.4, 0.5) is 0 Å². The fourth-order valence-corrected chi connectivity index (χ4v) is 5.53. The zero-order chi connectivity index (χ0) is 20.9. The lowest BCUT2D eigenvalue weighted by Crippen LogP contribution is -2.50. The molecule has 0 aliphatic carbocycles. The van der Waals surface area contributed by atoms with E-state index in [1.807, 2.05) is 27.7 Å². The van der Waals surface area contributed by atoms with Gasteiger partial charge in [-0.2, -0.15) is 0 Å². The topological polar surface area (TPSA) is 25.2 Å². The second-order valence-corrected chi connectivity index (χ2v) is 7.83. The highest BCUT2D eigenvalue weighted by Gasteiger charge is 2.48. The molecule has 0 N–H and O–H groups in total. The van der Waals surface area contributed by atoms with Crippen LogP contribution in [0.15, 0.2) is 24.3 Å². The van der Waals surface area contributed by atoms with Crippen molar-refractivity contribution < 1.29 is 4.79 Å². The van der Waals surface area contributed by atoms with Gasteiger partial charge >= 0.3 is 0 Å². The van der Waals surface area contributed by atoms with Crippen LogP contribution in [0.5, 0.6) is 0 Å². The fourth-order valence-electron chi connectivity index (χ4n) is 5.53. The number of carbonyl (C=O) groups excluding carboxylic acids is 1. The second-order valence-electron chi connectivity index (χ2n) is 7.83. The number of aromatic nitrogens is 1. The molecule has 0 saturated carbocycles. The monoisotopic (exact) mass is 384 g/mol. The van der Waals surface area contributed by atoms with E-state index < -0.39 is 0 Å². The Morgan fingerprint density at radius 3 is 2.46 bits per heavy atom. The van der Waals surface area contributed by atoms with Crippen LogP contribution in [0.25, 0.3) is 10.9 Å². The minimum atomic E-state index is 0.0986. The van der Waals surface area contributed by atoms with Gasteiger partial charge in [0.05, 0.1) is 6.04 Å². The molecule has 1 fully saturated rings. The van der Waals surface area contributed by atoms with Crippen LogP contribution < -0.4 is 0 Å². The third kappa shape index (κ3) is 3.78. The molecule has 1 aromatic heterocycles. The first-order valence-corrected chi connectivity index (χ1v) is 11.4. The van der Waals surface area contributed by atoms with Crippen molar-refractivity contribution >= 4 is 16.7 Å². The highest BCUT2D eigenvalue weighted by molar-refractivity contribution is 5.86. The van der Waals surface area contributed by atoms with Crippen molar-refractivity contribution in [2.24, 2.45) is 12.5 Å². The van der Waals surface area contributed by atoms with Crippen molar-refractivity contribution in [2.75, 3.05) is 13.1 Å². The van der Waals surface area contributed by atoms with Gasteiger partial charge in [0.2, 0.25) is 0 Å². The van der Waals surface area contributed by atoms with E-state index in [1.54, 1.807) is 6.92 Å². The number of ketones is 1. The molecular formula is C25H40N2O. The molecule has 1 saturated heterocycles. The molecule has 0 amide bonds. The number of hydrogen-bond donors (Lipinski definition) is 0. The summed E-state index contributed by atoms with van der Waals surface area (Å²) < 4.78 is 2.41. The van der Waals surface area contributed by atoms with E-state index in [1.165, 1.54) is 41.5 Å². The summed E-state index contributed by atoms with van der Waals surface area (Å²) in [6, 6.07) is 9.18. The van der Waals surface area contributed by atoms with Crippen molar-refractivity contribution in [1.82, 2.24) is 9.47 Å². The fraction of sp³-hybridized carbons (Fsp3) is 0.640. The van der Waals surface area contributed by atoms with Gasteiger partial charge < -0.3 is 9.36 Å². The van der Waals surface area contributed by atoms with Gasteiger partial charge in [0, 0.05) is 36.6 Å². The van der Waals surface area contributed by atoms with Crippen LogP contribution in [-0.2, 0) is 18.3 Å². The van der Waals surface area contributed by atoms with Crippen LogP contribution in [0.2, 0.25) is 0 Å². The molecule has 0 radical (unpaired) electrons. The normalized spacial score (nSPS) is 23.6. The summed E-state index contributed by atoms with van der Waals surface area (Å²) in [5.74, 6) is 0.338. The standard InChI is InChI=1S/C21H28N2O.2C2H6/c1-4-21(14-15(2)24)11-7-12-23-13-10-17-16-8-5-6-9-18(16)22(3)19(17)20(21)23;2*1-2/h5-6,8-9,20H,4,7,10-14H2,1-3H3;2*1-2H3/t20-,21+;;/m1../s1. The number of nitrogens with zero attached hydrogens (tertiary/aromatic N) is 2. The third-order valence-corrected chi connectivity index (χ3v) is 6.54. The third-order valence-electron chi connectivity index (χ3n) is 6.54. The Morgan fingerprint density at radius 1 is 1.14 bits per heavy atom. The average Bonchev–Trinajstić information content (AvgIpc) is 3.03. The van der Waals surface area contributed by atoms with Crippen molar-refractivity contribution in [1.29, 1.82) is 0 Å². The number of benzene rings is 1. The number of rotatable bonds is 3.